The molecule has 0 spiro atoms. The van der Waals surface area contributed by atoms with Crippen LogP contribution >= 0.6 is 0 Å². The normalized spacial score (nSPS) is 23.9. The second-order valence-electron chi connectivity index (χ2n) is 7.99. The summed E-state index contributed by atoms with van der Waals surface area (Å²) in [5.41, 5.74) is 2.80. The molecule has 3 heterocycles. The van der Waals surface area contributed by atoms with E-state index in [9.17, 15) is 9.59 Å². The van der Waals surface area contributed by atoms with Crippen LogP contribution in [0.5, 0.6) is 5.75 Å². The second-order valence-corrected chi connectivity index (χ2v) is 7.99. The van der Waals surface area contributed by atoms with Crippen LogP contribution in [-0.2, 0) is 15.1 Å². The van der Waals surface area contributed by atoms with Crippen LogP contribution in [0.2, 0.25) is 0 Å². The lowest BCUT2D eigenvalue weighted by Gasteiger charge is -2.50. The molecule has 1 aromatic heterocycles. The highest BCUT2D eigenvalue weighted by Crippen LogP contribution is 2.49. The minimum Gasteiger partial charge on any atom is -0.496 e. The van der Waals surface area contributed by atoms with Crippen molar-refractivity contribution < 1.29 is 14.3 Å². The number of ether oxygens (including phenoxy) is 1. The van der Waals surface area contributed by atoms with Crippen LogP contribution in [0.4, 0.5) is 0 Å². The quantitative estimate of drug-likeness (QED) is 0.733. The molecule has 6 heteroatoms. The first-order valence-electron chi connectivity index (χ1n) is 9.76. The highest BCUT2D eigenvalue weighted by Gasteiger charge is 2.55. The maximum atomic E-state index is 13.3. The van der Waals surface area contributed by atoms with Crippen LogP contribution in [0.3, 0.4) is 0 Å². The standard InChI is InChI=1S/C23H23N3O3/c1-23-21-20(15-9-4-6-10-17(15)24-21)16(14-8-5-7-11-18(14)29-3)12-26(23)19(27)13-25(2)22(23)28/h4-11,16,24H,12-13H2,1-3H3/t16-,23+/m1/s1. The third-order valence-corrected chi connectivity index (χ3v) is 6.44. The largest absolute Gasteiger partial charge is 0.496 e. The van der Waals surface area contributed by atoms with Crippen molar-refractivity contribution >= 4 is 22.7 Å². The summed E-state index contributed by atoms with van der Waals surface area (Å²) < 4.78 is 5.64. The van der Waals surface area contributed by atoms with Crippen LogP contribution < -0.4 is 4.74 Å². The van der Waals surface area contributed by atoms with E-state index in [2.05, 4.69) is 11.1 Å². The molecule has 2 amide bonds. The molecule has 1 fully saturated rings. The molecule has 1 saturated heterocycles. The average molecular weight is 389 g/mol. The zero-order chi connectivity index (χ0) is 20.3. The number of nitrogens with one attached hydrogen (secondary N) is 1. The number of hydrogen-bond donors (Lipinski definition) is 1. The van der Waals surface area contributed by atoms with Crippen molar-refractivity contribution in [3.63, 3.8) is 0 Å². The summed E-state index contributed by atoms with van der Waals surface area (Å²) in [6.07, 6.45) is 0. The number of nitrogens with zero attached hydrogens (tertiary/aromatic N) is 2. The number of H-pyrrole nitrogens is 1. The first kappa shape index (κ1) is 17.8. The molecular weight excluding hydrogens is 366 g/mol. The molecule has 2 atom stereocenters. The van der Waals surface area contributed by atoms with Crippen molar-refractivity contribution in [2.45, 2.75) is 18.4 Å². The summed E-state index contributed by atoms with van der Waals surface area (Å²) in [6.45, 7) is 2.39. The van der Waals surface area contributed by atoms with Crippen molar-refractivity contribution in [1.82, 2.24) is 14.8 Å². The highest BCUT2D eigenvalue weighted by molar-refractivity contribution is 6.01. The number of aromatic amines is 1. The SMILES string of the molecule is COc1ccccc1[C@H]1CN2C(=O)CN(C)C(=O)[C@]2(C)c2[nH]c3ccccc3c21. The third kappa shape index (κ3) is 2.29. The Labute approximate surface area is 169 Å². The van der Waals surface area contributed by atoms with E-state index in [1.165, 1.54) is 4.90 Å². The van der Waals surface area contributed by atoms with E-state index >= 15 is 0 Å². The van der Waals surface area contributed by atoms with Gasteiger partial charge in [-0.05, 0) is 24.6 Å². The molecule has 0 aliphatic carbocycles. The Hall–Kier alpha value is -3.28. The second kappa shape index (κ2) is 6.11. The van der Waals surface area contributed by atoms with Gasteiger partial charge in [0.05, 0.1) is 19.3 Å². The molecule has 2 aliphatic heterocycles. The van der Waals surface area contributed by atoms with E-state index in [1.54, 1.807) is 19.1 Å². The van der Waals surface area contributed by atoms with Gasteiger partial charge in [0.25, 0.3) is 5.91 Å². The monoisotopic (exact) mass is 389 g/mol. The third-order valence-electron chi connectivity index (χ3n) is 6.44. The number of rotatable bonds is 2. The highest BCUT2D eigenvalue weighted by atomic mass is 16.5. The van der Waals surface area contributed by atoms with Gasteiger partial charge in [-0.2, -0.15) is 0 Å². The summed E-state index contributed by atoms with van der Waals surface area (Å²) in [4.78, 5) is 33.1. The lowest BCUT2D eigenvalue weighted by Crippen LogP contribution is -2.66. The molecule has 0 saturated carbocycles. The topological polar surface area (TPSA) is 65.6 Å². The van der Waals surface area contributed by atoms with Crippen LogP contribution in [0.1, 0.15) is 29.7 Å². The number of likely N-dealkylation sites (N-methyl/N-ethyl adjacent to an activating group) is 1. The Kier molecular flexibility index (Phi) is 3.75. The van der Waals surface area contributed by atoms with Crippen molar-refractivity contribution in [3.8, 4) is 5.75 Å². The predicted octanol–water partition coefficient (Wildman–Crippen LogP) is 2.84. The molecule has 2 aromatic carbocycles. The first-order valence-corrected chi connectivity index (χ1v) is 9.76. The zero-order valence-electron chi connectivity index (χ0n) is 16.7. The number of carbonyl (C=O) groups is 2. The first-order chi connectivity index (χ1) is 14.0. The van der Waals surface area contributed by atoms with Gasteiger partial charge in [0.1, 0.15) is 5.75 Å². The van der Waals surface area contributed by atoms with Crippen molar-refractivity contribution in [2.24, 2.45) is 0 Å². The van der Waals surface area contributed by atoms with Gasteiger partial charge >= 0.3 is 0 Å². The number of piperazine rings is 1. The van der Waals surface area contributed by atoms with Gasteiger partial charge < -0.3 is 19.5 Å². The van der Waals surface area contributed by atoms with Gasteiger partial charge in [-0.15, -0.1) is 0 Å². The molecule has 0 bridgehead atoms. The van der Waals surface area contributed by atoms with E-state index in [0.717, 1.165) is 33.5 Å². The summed E-state index contributed by atoms with van der Waals surface area (Å²) in [7, 11) is 3.35. The van der Waals surface area contributed by atoms with Crippen molar-refractivity contribution in [1.29, 1.82) is 0 Å². The maximum absolute atomic E-state index is 13.3. The van der Waals surface area contributed by atoms with E-state index in [4.69, 9.17) is 4.74 Å². The lowest BCUT2D eigenvalue weighted by molar-refractivity contribution is -0.164. The van der Waals surface area contributed by atoms with Crippen LogP contribution in [0, 0.1) is 0 Å². The summed E-state index contributed by atoms with van der Waals surface area (Å²) >= 11 is 0. The summed E-state index contributed by atoms with van der Waals surface area (Å²) in [5.74, 6) is 0.581. The number of benzene rings is 2. The number of para-hydroxylation sites is 2. The molecule has 1 N–H and O–H groups in total. The van der Waals surface area contributed by atoms with Gasteiger partial charge in [0.2, 0.25) is 5.91 Å². The molecule has 0 radical (unpaired) electrons. The van der Waals surface area contributed by atoms with Gasteiger partial charge in [-0.1, -0.05) is 36.4 Å². The Bertz CT molecular complexity index is 1150. The van der Waals surface area contributed by atoms with E-state index < -0.39 is 5.54 Å². The summed E-state index contributed by atoms with van der Waals surface area (Å²) in [6, 6.07) is 16.0. The number of methoxy groups -OCH3 is 1. The average Bonchev–Trinajstić information content (AvgIpc) is 3.13. The molecular formula is C23H23N3O3. The minimum atomic E-state index is -1.04. The Morgan fingerprint density at radius 3 is 2.62 bits per heavy atom. The molecule has 2 aliphatic rings. The minimum absolute atomic E-state index is 0.0428. The number of amides is 2. The lowest BCUT2D eigenvalue weighted by atomic mass is 9.76. The Morgan fingerprint density at radius 1 is 1.10 bits per heavy atom. The number of fused-ring (bicyclic) bond motifs is 5. The smallest absolute Gasteiger partial charge is 0.254 e. The zero-order valence-corrected chi connectivity index (χ0v) is 16.7. The van der Waals surface area contributed by atoms with E-state index in [1.807, 2.05) is 49.4 Å². The number of hydrogen-bond acceptors (Lipinski definition) is 3. The fourth-order valence-corrected chi connectivity index (χ4v) is 5.01. The van der Waals surface area contributed by atoms with E-state index in [0.29, 0.717) is 6.54 Å². The molecule has 148 valence electrons. The van der Waals surface area contributed by atoms with Gasteiger partial charge in [-0.3, -0.25) is 9.59 Å². The van der Waals surface area contributed by atoms with Crippen LogP contribution in [-0.4, -0.2) is 53.8 Å². The molecule has 5 rings (SSSR count). The van der Waals surface area contributed by atoms with Crippen molar-refractivity contribution in [2.75, 3.05) is 27.2 Å². The molecule has 0 unspecified atom stereocenters. The number of carbonyl (C=O) groups excluding carboxylic acids is 2. The van der Waals surface area contributed by atoms with E-state index in [-0.39, 0.29) is 24.3 Å². The molecule has 3 aromatic rings. The Morgan fingerprint density at radius 2 is 1.83 bits per heavy atom. The summed E-state index contributed by atoms with van der Waals surface area (Å²) in [5, 5.41) is 1.08. The van der Waals surface area contributed by atoms with Crippen LogP contribution in [0.15, 0.2) is 48.5 Å². The predicted molar refractivity (Wildman–Crippen MR) is 110 cm³/mol. The number of aromatic nitrogens is 1. The molecule has 6 nitrogen and oxygen atoms in total. The Balaban J connectivity index is 1.83. The van der Waals surface area contributed by atoms with Crippen LogP contribution in [0.25, 0.3) is 10.9 Å². The molecule has 29 heavy (non-hydrogen) atoms. The van der Waals surface area contributed by atoms with Gasteiger partial charge in [-0.25, -0.2) is 0 Å². The van der Waals surface area contributed by atoms with Crippen molar-refractivity contribution in [3.05, 3.63) is 65.4 Å². The fraction of sp³-hybridized carbons (Fsp3) is 0.304. The van der Waals surface area contributed by atoms with Gasteiger partial charge in [0.15, 0.2) is 5.54 Å². The fourth-order valence-electron chi connectivity index (χ4n) is 5.01. The van der Waals surface area contributed by atoms with Gasteiger partial charge in [0, 0.05) is 36.0 Å². The maximum Gasteiger partial charge on any atom is 0.254 e.